The van der Waals surface area contributed by atoms with Crippen molar-refractivity contribution in [1.82, 2.24) is 9.80 Å². The van der Waals surface area contributed by atoms with Gasteiger partial charge in [0.2, 0.25) is 0 Å². The van der Waals surface area contributed by atoms with E-state index in [1.54, 1.807) is 36.0 Å². The Labute approximate surface area is 123 Å². The minimum atomic E-state index is -0.448. The van der Waals surface area contributed by atoms with E-state index < -0.39 is 4.92 Å². The van der Waals surface area contributed by atoms with Gasteiger partial charge < -0.3 is 14.7 Å². The summed E-state index contributed by atoms with van der Waals surface area (Å²) in [7, 11) is 5.49. The van der Waals surface area contributed by atoms with E-state index in [0.29, 0.717) is 24.3 Å². The summed E-state index contributed by atoms with van der Waals surface area (Å²) >= 11 is 0. The Kier molecular flexibility index (Phi) is 4.42. The van der Waals surface area contributed by atoms with Gasteiger partial charge in [0.1, 0.15) is 5.69 Å². The molecule has 1 amide bonds. The van der Waals surface area contributed by atoms with E-state index in [9.17, 15) is 14.9 Å². The van der Waals surface area contributed by atoms with E-state index in [4.69, 9.17) is 0 Å². The number of hydrogen-bond donors (Lipinski definition) is 0. The first-order valence-corrected chi connectivity index (χ1v) is 6.83. The van der Waals surface area contributed by atoms with Crippen molar-refractivity contribution in [2.45, 2.75) is 0 Å². The van der Waals surface area contributed by atoms with Crippen LogP contribution in [0.15, 0.2) is 18.2 Å². The Morgan fingerprint density at radius 1 is 1.24 bits per heavy atom. The highest BCUT2D eigenvalue weighted by atomic mass is 16.6. The molecule has 0 aromatic heterocycles. The number of amides is 1. The number of rotatable bonds is 3. The third kappa shape index (κ3) is 3.30. The van der Waals surface area contributed by atoms with E-state index in [1.165, 1.54) is 6.07 Å². The smallest absolute Gasteiger partial charge is 0.293 e. The molecule has 0 bridgehead atoms. The lowest BCUT2D eigenvalue weighted by Gasteiger charge is -2.32. The van der Waals surface area contributed by atoms with Crippen molar-refractivity contribution in [3.63, 3.8) is 0 Å². The second kappa shape index (κ2) is 6.09. The van der Waals surface area contributed by atoms with Crippen LogP contribution in [0, 0.1) is 10.1 Å². The molecular weight excluding hydrogens is 272 g/mol. The lowest BCUT2D eigenvalue weighted by Crippen LogP contribution is -2.47. The molecule has 0 aliphatic carbocycles. The van der Waals surface area contributed by atoms with E-state index in [-0.39, 0.29) is 11.6 Å². The van der Waals surface area contributed by atoms with Crippen molar-refractivity contribution in [2.75, 3.05) is 52.2 Å². The van der Waals surface area contributed by atoms with Gasteiger partial charge in [-0.3, -0.25) is 14.9 Å². The number of piperazine rings is 1. The Bertz CT molecular complexity index is 551. The number of nitro benzene ring substituents is 1. The van der Waals surface area contributed by atoms with Crippen LogP contribution in [0.4, 0.5) is 11.4 Å². The van der Waals surface area contributed by atoms with Gasteiger partial charge >= 0.3 is 0 Å². The standard InChI is InChI=1S/C14H20N4O3/c1-15(2)12-5-4-11(10-13(12)18(20)21)14(19)17-8-6-16(3)7-9-17/h4-5,10H,6-9H2,1-3H3. The molecule has 0 saturated carbocycles. The van der Waals surface area contributed by atoms with Crippen LogP contribution in [0.2, 0.25) is 0 Å². The number of likely N-dealkylation sites (N-methyl/N-ethyl adjacent to an activating group) is 1. The topological polar surface area (TPSA) is 69.9 Å². The first kappa shape index (κ1) is 15.2. The Balaban J connectivity index is 2.26. The van der Waals surface area contributed by atoms with Crippen LogP contribution in [0.5, 0.6) is 0 Å². The van der Waals surface area contributed by atoms with E-state index in [0.717, 1.165) is 13.1 Å². The Morgan fingerprint density at radius 3 is 2.38 bits per heavy atom. The zero-order valence-corrected chi connectivity index (χ0v) is 12.6. The zero-order valence-electron chi connectivity index (χ0n) is 12.6. The minimum absolute atomic E-state index is 0.0417. The van der Waals surface area contributed by atoms with Gasteiger partial charge in [0, 0.05) is 51.9 Å². The Hall–Kier alpha value is -2.15. The molecular formula is C14H20N4O3. The van der Waals surface area contributed by atoms with Crippen LogP contribution < -0.4 is 4.90 Å². The van der Waals surface area contributed by atoms with Gasteiger partial charge in [-0.1, -0.05) is 0 Å². The molecule has 0 N–H and O–H groups in total. The molecule has 0 spiro atoms. The molecule has 7 heteroatoms. The molecule has 1 aliphatic heterocycles. The maximum atomic E-state index is 12.4. The average Bonchev–Trinajstić information content (AvgIpc) is 2.46. The normalized spacial score (nSPS) is 15.9. The quantitative estimate of drug-likeness (QED) is 0.615. The molecule has 1 aromatic rings. The summed E-state index contributed by atoms with van der Waals surface area (Å²) in [6.07, 6.45) is 0. The van der Waals surface area contributed by atoms with Crippen LogP contribution in [0.3, 0.4) is 0 Å². The van der Waals surface area contributed by atoms with Crippen molar-refractivity contribution >= 4 is 17.3 Å². The fraction of sp³-hybridized carbons (Fsp3) is 0.500. The van der Waals surface area contributed by atoms with Gasteiger partial charge in [0.05, 0.1) is 4.92 Å². The number of carbonyl (C=O) groups is 1. The highest BCUT2D eigenvalue weighted by molar-refractivity contribution is 5.95. The fourth-order valence-electron chi connectivity index (χ4n) is 2.37. The average molecular weight is 292 g/mol. The zero-order chi connectivity index (χ0) is 15.6. The Morgan fingerprint density at radius 2 is 1.86 bits per heavy atom. The molecule has 1 fully saturated rings. The van der Waals surface area contributed by atoms with Gasteiger partial charge in [-0.05, 0) is 19.2 Å². The van der Waals surface area contributed by atoms with E-state index >= 15 is 0 Å². The van der Waals surface area contributed by atoms with Gasteiger partial charge in [-0.25, -0.2) is 0 Å². The second-order valence-electron chi connectivity index (χ2n) is 5.45. The summed E-state index contributed by atoms with van der Waals surface area (Å²) < 4.78 is 0. The van der Waals surface area contributed by atoms with E-state index in [2.05, 4.69) is 4.90 Å². The summed E-state index contributed by atoms with van der Waals surface area (Å²) in [6, 6.07) is 4.65. The number of carbonyl (C=O) groups excluding carboxylic acids is 1. The van der Waals surface area contributed by atoms with Crippen LogP contribution in [0.1, 0.15) is 10.4 Å². The maximum Gasteiger partial charge on any atom is 0.293 e. The summed E-state index contributed by atoms with van der Waals surface area (Å²) in [6.45, 7) is 2.95. The van der Waals surface area contributed by atoms with Crippen molar-refractivity contribution < 1.29 is 9.72 Å². The van der Waals surface area contributed by atoms with Crippen LogP contribution in [-0.2, 0) is 0 Å². The van der Waals surface area contributed by atoms with Crippen molar-refractivity contribution in [3.05, 3.63) is 33.9 Å². The third-order valence-electron chi connectivity index (χ3n) is 3.69. The second-order valence-corrected chi connectivity index (χ2v) is 5.45. The SMILES string of the molecule is CN1CCN(C(=O)c2ccc(N(C)C)c([N+](=O)[O-])c2)CC1. The molecule has 0 unspecified atom stereocenters. The van der Waals surface area contributed by atoms with Crippen molar-refractivity contribution in [2.24, 2.45) is 0 Å². The number of hydrogen-bond acceptors (Lipinski definition) is 5. The first-order chi connectivity index (χ1) is 9.90. The number of nitrogens with zero attached hydrogens (tertiary/aromatic N) is 4. The summed E-state index contributed by atoms with van der Waals surface area (Å²) in [5.74, 6) is -0.142. The van der Waals surface area contributed by atoms with Gasteiger partial charge in [-0.15, -0.1) is 0 Å². The predicted molar refractivity (Wildman–Crippen MR) is 80.8 cm³/mol. The molecule has 1 heterocycles. The number of benzene rings is 1. The monoisotopic (exact) mass is 292 g/mol. The highest BCUT2D eigenvalue weighted by Gasteiger charge is 2.24. The molecule has 7 nitrogen and oxygen atoms in total. The van der Waals surface area contributed by atoms with Crippen LogP contribution in [0.25, 0.3) is 0 Å². The molecule has 114 valence electrons. The molecule has 0 atom stereocenters. The lowest BCUT2D eigenvalue weighted by molar-refractivity contribution is -0.384. The van der Waals surface area contributed by atoms with Gasteiger partial charge in [0.15, 0.2) is 0 Å². The minimum Gasteiger partial charge on any atom is -0.372 e. The summed E-state index contributed by atoms with van der Waals surface area (Å²) in [4.78, 5) is 28.7. The molecule has 1 aliphatic rings. The molecule has 2 rings (SSSR count). The largest absolute Gasteiger partial charge is 0.372 e. The van der Waals surface area contributed by atoms with Crippen LogP contribution in [-0.4, -0.2) is 68.0 Å². The number of anilines is 1. The predicted octanol–water partition coefficient (Wildman–Crippen LogP) is 1.05. The third-order valence-corrected chi connectivity index (χ3v) is 3.69. The van der Waals surface area contributed by atoms with E-state index in [1.807, 2.05) is 7.05 Å². The first-order valence-electron chi connectivity index (χ1n) is 6.83. The molecule has 1 aromatic carbocycles. The summed E-state index contributed by atoms with van der Waals surface area (Å²) in [5.41, 5.74) is 0.826. The maximum absolute atomic E-state index is 12.4. The molecule has 0 radical (unpaired) electrons. The number of nitro groups is 1. The van der Waals surface area contributed by atoms with Gasteiger partial charge in [0.25, 0.3) is 11.6 Å². The van der Waals surface area contributed by atoms with Crippen molar-refractivity contribution in [1.29, 1.82) is 0 Å². The van der Waals surface area contributed by atoms with Crippen molar-refractivity contribution in [3.8, 4) is 0 Å². The highest BCUT2D eigenvalue weighted by Crippen LogP contribution is 2.28. The molecule has 1 saturated heterocycles. The molecule has 21 heavy (non-hydrogen) atoms. The lowest BCUT2D eigenvalue weighted by atomic mass is 10.1. The summed E-state index contributed by atoms with van der Waals surface area (Å²) in [5, 5.41) is 11.2. The fourth-order valence-corrected chi connectivity index (χ4v) is 2.37. The van der Waals surface area contributed by atoms with Gasteiger partial charge in [-0.2, -0.15) is 0 Å². The van der Waals surface area contributed by atoms with Crippen LogP contribution >= 0.6 is 0 Å².